The van der Waals surface area contributed by atoms with Crippen molar-refractivity contribution < 1.29 is 0 Å². The molecule has 0 radical (unpaired) electrons. The molecule has 0 spiro atoms. The van der Waals surface area contributed by atoms with Gasteiger partial charge in [0.2, 0.25) is 0 Å². The normalized spacial score (nSPS) is 11.1. The molecule has 5 heteroatoms. The standard InChI is InChI=1S/C12H13ClN2S2/c1-6(2)5-16-12-14-10(13)9-7(3)8(4)17-11(9)15-12/h1,5H2,2-4H3. The summed E-state index contributed by atoms with van der Waals surface area (Å²) in [5.74, 6) is 0.825. The summed E-state index contributed by atoms with van der Waals surface area (Å²) >= 11 is 9.46. The Labute approximate surface area is 114 Å². The SMILES string of the molecule is C=C(C)CSc1nc(Cl)c2c(C)c(C)sc2n1. The molecule has 2 nitrogen and oxygen atoms in total. The fraction of sp³-hybridized carbons (Fsp3) is 0.333. The Morgan fingerprint density at radius 1 is 1.41 bits per heavy atom. The topological polar surface area (TPSA) is 25.8 Å². The molecule has 2 aromatic heterocycles. The number of hydrogen-bond acceptors (Lipinski definition) is 4. The quantitative estimate of drug-likeness (QED) is 0.356. The molecule has 90 valence electrons. The molecule has 2 rings (SSSR count). The first kappa shape index (κ1) is 12.9. The average Bonchev–Trinajstić information content (AvgIpc) is 2.52. The molecule has 0 aliphatic rings. The van der Waals surface area contributed by atoms with Gasteiger partial charge in [0.25, 0.3) is 0 Å². The third-order valence-corrected chi connectivity index (χ3v) is 4.86. The first-order chi connectivity index (χ1) is 7.99. The molecular weight excluding hydrogens is 272 g/mol. The molecule has 2 heterocycles. The Morgan fingerprint density at radius 3 is 2.76 bits per heavy atom. The minimum absolute atomic E-state index is 0.557. The van der Waals surface area contributed by atoms with Crippen LogP contribution in [0.1, 0.15) is 17.4 Å². The Hall–Kier alpha value is -0.580. The van der Waals surface area contributed by atoms with Gasteiger partial charge in [-0.25, -0.2) is 9.97 Å². The van der Waals surface area contributed by atoms with E-state index < -0.39 is 0 Å². The lowest BCUT2D eigenvalue weighted by Crippen LogP contribution is -1.90. The van der Waals surface area contributed by atoms with Gasteiger partial charge in [0.05, 0.1) is 5.39 Å². The summed E-state index contributed by atoms with van der Waals surface area (Å²) in [6.07, 6.45) is 0. The molecule has 0 unspecified atom stereocenters. The number of thiophene rings is 1. The maximum atomic E-state index is 6.22. The van der Waals surface area contributed by atoms with E-state index in [1.165, 1.54) is 10.4 Å². The minimum Gasteiger partial charge on any atom is -0.211 e. The van der Waals surface area contributed by atoms with E-state index in [1.807, 2.05) is 6.92 Å². The van der Waals surface area contributed by atoms with Gasteiger partial charge in [-0.2, -0.15) is 0 Å². The van der Waals surface area contributed by atoms with Gasteiger partial charge in [-0.3, -0.25) is 0 Å². The summed E-state index contributed by atoms with van der Waals surface area (Å²) in [6, 6.07) is 0. The second kappa shape index (κ2) is 4.96. The zero-order valence-corrected chi connectivity index (χ0v) is 12.4. The molecule has 0 aliphatic carbocycles. The van der Waals surface area contributed by atoms with Gasteiger partial charge < -0.3 is 0 Å². The van der Waals surface area contributed by atoms with Crippen LogP contribution in [0.2, 0.25) is 5.15 Å². The van der Waals surface area contributed by atoms with E-state index in [2.05, 4.69) is 30.4 Å². The van der Waals surface area contributed by atoms with Crippen molar-refractivity contribution in [2.75, 3.05) is 5.75 Å². The molecule has 0 fully saturated rings. The zero-order valence-electron chi connectivity index (χ0n) is 10.0. The number of aromatic nitrogens is 2. The molecular formula is C12H13ClN2S2. The van der Waals surface area contributed by atoms with E-state index in [9.17, 15) is 0 Å². The second-order valence-electron chi connectivity index (χ2n) is 4.01. The summed E-state index contributed by atoms with van der Waals surface area (Å²) in [5, 5.41) is 2.28. The highest BCUT2D eigenvalue weighted by molar-refractivity contribution is 7.99. The van der Waals surface area contributed by atoms with E-state index in [0.717, 1.165) is 26.7 Å². The number of rotatable bonds is 3. The molecule has 0 amide bonds. The van der Waals surface area contributed by atoms with Crippen LogP contribution in [0, 0.1) is 13.8 Å². The van der Waals surface area contributed by atoms with Crippen LogP contribution in [0.3, 0.4) is 0 Å². The average molecular weight is 285 g/mol. The largest absolute Gasteiger partial charge is 0.211 e. The first-order valence-electron chi connectivity index (χ1n) is 5.19. The molecule has 0 saturated carbocycles. The smallest absolute Gasteiger partial charge is 0.190 e. The van der Waals surface area contributed by atoms with Gasteiger partial charge in [0, 0.05) is 10.6 Å². The van der Waals surface area contributed by atoms with Crippen molar-refractivity contribution in [2.24, 2.45) is 0 Å². The Balaban J connectivity index is 2.45. The van der Waals surface area contributed by atoms with Crippen LogP contribution in [0.15, 0.2) is 17.3 Å². The predicted molar refractivity (Wildman–Crippen MR) is 77.4 cm³/mol. The summed E-state index contributed by atoms with van der Waals surface area (Å²) in [6.45, 7) is 10.0. The van der Waals surface area contributed by atoms with Crippen LogP contribution < -0.4 is 0 Å². The highest BCUT2D eigenvalue weighted by Crippen LogP contribution is 2.34. The summed E-state index contributed by atoms with van der Waals surface area (Å²) < 4.78 is 0. The number of thioether (sulfide) groups is 1. The summed E-state index contributed by atoms with van der Waals surface area (Å²) in [7, 11) is 0. The number of hydrogen-bond donors (Lipinski definition) is 0. The fourth-order valence-corrected chi connectivity index (χ4v) is 3.63. The molecule has 17 heavy (non-hydrogen) atoms. The van der Waals surface area contributed by atoms with E-state index in [4.69, 9.17) is 11.6 Å². The van der Waals surface area contributed by atoms with E-state index in [1.54, 1.807) is 23.1 Å². The lowest BCUT2D eigenvalue weighted by molar-refractivity contribution is 1.01. The maximum absolute atomic E-state index is 6.22. The van der Waals surface area contributed by atoms with Crippen LogP contribution in [-0.4, -0.2) is 15.7 Å². The lowest BCUT2D eigenvalue weighted by Gasteiger charge is -2.01. The third-order valence-electron chi connectivity index (χ3n) is 2.41. The van der Waals surface area contributed by atoms with Crippen molar-refractivity contribution in [3.05, 3.63) is 27.7 Å². The van der Waals surface area contributed by atoms with Crippen LogP contribution in [0.4, 0.5) is 0 Å². The molecule has 0 saturated heterocycles. The van der Waals surface area contributed by atoms with Gasteiger partial charge in [-0.15, -0.1) is 11.3 Å². The van der Waals surface area contributed by atoms with Crippen LogP contribution in [-0.2, 0) is 0 Å². The minimum atomic E-state index is 0.557. The number of nitrogens with zero attached hydrogens (tertiary/aromatic N) is 2. The number of fused-ring (bicyclic) bond motifs is 1. The van der Waals surface area contributed by atoms with Gasteiger partial charge in [-0.05, 0) is 26.3 Å². The highest BCUT2D eigenvalue weighted by atomic mass is 35.5. The van der Waals surface area contributed by atoms with Gasteiger partial charge >= 0.3 is 0 Å². The fourth-order valence-electron chi connectivity index (χ4n) is 1.43. The van der Waals surface area contributed by atoms with Crippen molar-refractivity contribution in [1.29, 1.82) is 0 Å². The molecule has 0 aromatic carbocycles. The van der Waals surface area contributed by atoms with Crippen molar-refractivity contribution in [2.45, 2.75) is 25.9 Å². The highest BCUT2D eigenvalue weighted by Gasteiger charge is 2.13. The third kappa shape index (κ3) is 2.64. The van der Waals surface area contributed by atoms with Gasteiger partial charge in [0.15, 0.2) is 5.16 Å². The zero-order chi connectivity index (χ0) is 12.6. The van der Waals surface area contributed by atoms with Crippen molar-refractivity contribution in [3.8, 4) is 0 Å². The van der Waals surface area contributed by atoms with Crippen LogP contribution in [0.25, 0.3) is 10.2 Å². The van der Waals surface area contributed by atoms with Gasteiger partial charge in [0.1, 0.15) is 9.98 Å². The number of aryl methyl sites for hydroxylation is 2. The maximum Gasteiger partial charge on any atom is 0.190 e. The monoisotopic (exact) mass is 284 g/mol. The van der Waals surface area contributed by atoms with Crippen LogP contribution >= 0.6 is 34.7 Å². The molecule has 2 aromatic rings. The van der Waals surface area contributed by atoms with E-state index in [-0.39, 0.29) is 0 Å². The molecule has 0 aliphatic heterocycles. The molecule has 0 bridgehead atoms. The Bertz CT molecular complexity index is 590. The predicted octanol–water partition coefficient (Wildman–Crippen LogP) is 4.63. The second-order valence-corrected chi connectivity index (χ2v) is 6.51. The lowest BCUT2D eigenvalue weighted by atomic mass is 10.2. The Kier molecular flexibility index (Phi) is 3.76. The molecule has 0 N–H and O–H groups in total. The summed E-state index contributed by atoms with van der Waals surface area (Å²) in [4.78, 5) is 11.1. The van der Waals surface area contributed by atoms with Crippen molar-refractivity contribution in [1.82, 2.24) is 9.97 Å². The van der Waals surface area contributed by atoms with Crippen molar-refractivity contribution in [3.63, 3.8) is 0 Å². The first-order valence-corrected chi connectivity index (χ1v) is 7.37. The summed E-state index contributed by atoms with van der Waals surface area (Å²) in [5.41, 5.74) is 2.29. The Morgan fingerprint density at radius 2 is 2.12 bits per heavy atom. The van der Waals surface area contributed by atoms with Crippen molar-refractivity contribution >= 4 is 44.9 Å². The molecule has 0 atom stereocenters. The van der Waals surface area contributed by atoms with Crippen LogP contribution in [0.5, 0.6) is 0 Å². The van der Waals surface area contributed by atoms with E-state index in [0.29, 0.717) is 5.15 Å². The van der Waals surface area contributed by atoms with E-state index >= 15 is 0 Å². The van der Waals surface area contributed by atoms with Gasteiger partial charge in [-0.1, -0.05) is 35.5 Å². The number of halogens is 1.